The van der Waals surface area contributed by atoms with Crippen LogP contribution >= 0.6 is 0 Å². The van der Waals surface area contributed by atoms with E-state index in [-0.39, 0.29) is 0 Å². The first-order valence-corrected chi connectivity index (χ1v) is 9.32. The van der Waals surface area contributed by atoms with Crippen LogP contribution in [0.4, 0.5) is 10.6 Å². The van der Waals surface area contributed by atoms with E-state index in [0.717, 1.165) is 5.56 Å². The molecule has 3 N–H and O–H groups in total. The van der Waals surface area contributed by atoms with Gasteiger partial charge >= 0.3 is 6.09 Å². The van der Waals surface area contributed by atoms with Crippen LogP contribution in [-0.4, -0.2) is 27.9 Å². The Bertz CT molecular complexity index is 569. The Labute approximate surface area is 151 Å². The number of ether oxygens (including phenoxy) is 1. The van der Waals surface area contributed by atoms with E-state index in [9.17, 15) is 4.79 Å². The summed E-state index contributed by atoms with van der Waals surface area (Å²) < 4.78 is 5.30. The molecule has 25 heavy (non-hydrogen) atoms. The molecule has 1 aliphatic carbocycles. The number of hydrogen-bond acceptors (Lipinski definition) is 4. The lowest BCUT2D eigenvalue weighted by Gasteiger charge is -2.41. The molecule has 1 heterocycles. The Morgan fingerprint density at radius 1 is 1.24 bits per heavy atom. The molecule has 2 atom stereocenters. The normalized spacial score (nSPS) is 21.8. The molecule has 0 spiro atoms. The monoisotopic (exact) mass is 350 g/mol. The molecule has 142 valence electrons. The van der Waals surface area contributed by atoms with E-state index < -0.39 is 11.7 Å². The number of amides is 1. The predicted octanol–water partition coefficient (Wildman–Crippen LogP) is 4.45. The van der Waals surface area contributed by atoms with Crippen LogP contribution in [-0.2, 0) is 11.3 Å². The second kappa shape index (κ2) is 7.77. The van der Waals surface area contributed by atoms with Gasteiger partial charge in [-0.3, -0.25) is 10.4 Å². The van der Waals surface area contributed by atoms with Crippen molar-refractivity contribution >= 4 is 11.9 Å². The number of H-pyrrole nitrogens is 1. The molecule has 1 aliphatic rings. The van der Waals surface area contributed by atoms with E-state index in [1.54, 1.807) is 6.20 Å². The minimum Gasteiger partial charge on any atom is -0.444 e. The minimum absolute atomic E-state index is 0.298. The number of nitrogens with one attached hydrogen (secondary N) is 3. The molecule has 0 bridgehead atoms. The van der Waals surface area contributed by atoms with Crippen LogP contribution in [0, 0.1) is 11.3 Å². The van der Waals surface area contributed by atoms with Gasteiger partial charge in [-0.15, -0.1) is 0 Å². The zero-order valence-corrected chi connectivity index (χ0v) is 16.5. The number of aromatic nitrogens is 2. The number of hydrogen-bond donors (Lipinski definition) is 3. The van der Waals surface area contributed by atoms with Crippen LogP contribution in [0.15, 0.2) is 6.20 Å². The number of rotatable bonds is 4. The van der Waals surface area contributed by atoms with Crippen molar-refractivity contribution in [1.82, 2.24) is 15.5 Å². The molecule has 2 unspecified atom stereocenters. The molecule has 0 aromatic carbocycles. The number of aromatic amines is 1. The number of nitrogens with zero attached hydrogens (tertiary/aromatic N) is 1. The Hall–Kier alpha value is -1.56. The molecular weight excluding hydrogens is 316 g/mol. The van der Waals surface area contributed by atoms with Crippen LogP contribution in [0.1, 0.15) is 72.8 Å². The van der Waals surface area contributed by atoms with Crippen molar-refractivity contribution in [2.75, 3.05) is 5.32 Å². The summed E-state index contributed by atoms with van der Waals surface area (Å²) >= 11 is 0. The third-order valence-electron chi connectivity index (χ3n) is 4.78. The highest BCUT2D eigenvalue weighted by Gasteiger charge is 2.33. The van der Waals surface area contributed by atoms with E-state index >= 15 is 0 Å². The van der Waals surface area contributed by atoms with Gasteiger partial charge in [-0.05, 0) is 44.9 Å². The van der Waals surface area contributed by atoms with Crippen molar-refractivity contribution in [1.29, 1.82) is 0 Å². The summed E-state index contributed by atoms with van der Waals surface area (Å²) in [5.41, 5.74) is 0.723. The molecule has 1 amide bonds. The molecule has 0 saturated heterocycles. The lowest BCUT2D eigenvalue weighted by Crippen LogP contribution is -2.44. The molecule has 1 saturated carbocycles. The van der Waals surface area contributed by atoms with Crippen molar-refractivity contribution < 1.29 is 9.53 Å². The van der Waals surface area contributed by atoms with Crippen molar-refractivity contribution in [3.05, 3.63) is 11.8 Å². The van der Waals surface area contributed by atoms with E-state index in [4.69, 9.17) is 4.74 Å². The molecule has 2 rings (SSSR count). The quantitative estimate of drug-likeness (QED) is 0.749. The second-order valence-electron chi connectivity index (χ2n) is 9.14. The fourth-order valence-corrected chi connectivity index (χ4v) is 3.61. The summed E-state index contributed by atoms with van der Waals surface area (Å²) in [5.74, 6) is 1.26. The van der Waals surface area contributed by atoms with Crippen molar-refractivity contribution in [3.8, 4) is 0 Å². The van der Waals surface area contributed by atoms with Gasteiger partial charge in [0, 0.05) is 18.2 Å². The molecule has 1 aromatic heterocycles. The highest BCUT2D eigenvalue weighted by molar-refractivity contribution is 5.84. The molecule has 6 nitrogen and oxygen atoms in total. The zero-order valence-electron chi connectivity index (χ0n) is 16.5. The molecular formula is C19H34N4O2. The first-order chi connectivity index (χ1) is 11.6. The maximum Gasteiger partial charge on any atom is 0.413 e. The number of carbonyl (C=O) groups is 1. The minimum atomic E-state index is -0.523. The molecule has 0 aliphatic heterocycles. The molecule has 6 heteroatoms. The van der Waals surface area contributed by atoms with Gasteiger partial charge in [0.15, 0.2) is 0 Å². The first-order valence-electron chi connectivity index (χ1n) is 9.32. The largest absolute Gasteiger partial charge is 0.444 e. The number of anilines is 1. The maximum absolute atomic E-state index is 12.0. The van der Waals surface area contributed by atoms with E-state index in [2.05, 4.69) is 41.6 Å². The SMILES string of the molecule is CC(C)(C)OC(=O)Nc1[nH]ncc1CNC1CCCCC1C(C)(C)C. The van der Waals surface area contributed by atoms with Crippen molar-refractivity contribution in [2.45, 2.75) is 85.4 Å². The van der Waals surface area contributed by atoms with Gasteiger partial charge in [0.2, 0.25) is 0 Å². The summed E-state index contributed by atoms with van der Waals surface area (Å²) in [6.45, 7) is 13.2. The highest BCUT2D eigenvalue weighted by Crippen LogP contribution is 2.38. The summed E-state index contributed by atoms with van der Waals surface area (Å²) in [6.07, 6.45) is 6.36. The standard InChI is InChI=1S/C19H34N4O2/c1-18(2,3)14-9-7-8-10-15(14)20-11-13-12-21-23-16(13)22-17(24)25-19(4,5)6/h12,14-15,20H,7-11H2,1-6H3,(H2,21,22,23,24). The van der Waals surface area contributed by atoms with Crippen molar-refractivity contribution in [2.24, 2.45) is 11.3 Å². The Kier molecular flexibility index (Phi) is 6.14. The molecule has 0 radical (unpaired) electrons. The van der Waals surface area contributed by atoms with Crippen LogP contribution in [0.5, 0.6) is 0 Å². The van der Waals surface area contributed by atoms with Crippen molar-refractivity contribution in [3.63, 3.8) is 0 Å². The molecule has 1 aromatic rings. The lowest BCUT2D eigenvalue weighted by atomic mass is 9.69. The summed E-state index contributed by atoms with van der Waals surface area (Å²) in [5, 5.41) is 13.4. The van der Waals surface area contributed by atoms with Gasteiger partial charge in [-0.25, -0.2) is 4.79 Å². The van der Waals surface area contributed by atoms with Gasteiger partial charge in [-0.1, -0.05) is 33.6 Å². The van der Waals surface area contributed by atoms with E-state index in [1.807, 2.05) is 20.8 Å². The first kappa shape index (κ1) is 19.8. The van der Waals surface area contributed by atoms with Crippen LogP contribution in [0.3, 0.4) is 0 Å². The lowest BCUT2D eigenvalue weighted by molar-refractivity contribution is 0.0635. The average Bonchev–Trinajstić information content (AvgIpc) is 2.89. The Morgan fingerprint density at radius 2 is 1.92 bits per heavy atom. The van der Waals surface area contributed by atoms with Crippen LogP contribution in [0.2, 0.25) is 0 Å². The summed E-state index contributed by atoms with van der Waals surface area (Å²) in [6, 6.07) is 0.498. The van der Waals surface area contributed by atoms with Crippen LogP contribution in [0.25, 0.3) is 0 Å². The second-order valence-corrected chi connectivity index (χ2v) is 9.14. The fourth-order valence-electron chi connectivity index (χ4n) is 3.61. The zero-order chi connectivity index (χ0) is 18.7. The van der Waals surface area contributed by atoms with Gasteiger partial charge in [0.1, 0.15) is 11.4 Å². The van der Waals surface area contributed by atoms with E-state index in [1.165, 1.54) is 25.7 Å². The number of carbonyl (C=O) groups excluding carboxylic acids is 1. The maximum atomic E-state index is 12.0. The average molecular weight is 351 g/mol. The van der Waals surface area contributed by atoms with Gasteiger partial charge < -0.3 is 10.1 Å². The van der Waals surface area contributed by atoms with Gasteiger partial charge in [0.25, 0.3) is 0 Å². The van der Waals surface area contributed by atoms with Gasteiger partial charge in [-0.2, -0.15) is 5.10 Å². The fraction of sp³-hybridized carbons (Fsp3) is 0.789. The summed E-state index contributed by atoms with van der Waals surface area (Å²) in [7, 11) is 0. The molecule has 1 fully saturated rings. The van der Waals surface area contributed by atoms with Gasteiger partial charge in [0.05, 0.1) is 6.20 Å². The predicted molar refractivity (Wildman–Crippen MR) is 100 cm³/mol. The smallest absolute Gasteiger partial charge is 0.413 e. The van der Waals surface area contributed by atoms with Crippen LogP contribution < -0.4 is 10.6 Å². The third kappa shape index (κ3) is 6.03. The topological polar surface area (TPSA) is 79.0 Å². The highest BCUT2D eigenvalue weighted by atomic mass is 16.6. The Morgan fingerprint density at radius 3 is 2.56 bits per heavy atom. The van der Waals surface area contributed by atoms with E-state index in [0.29, 0.717) is 29.7 Å². The summed E-state index contributed by atoms with van der Waals surface area (Å²) in [4.78, 5) is 12.0. The third-order valence-corrected chi connectivity index (χ3v) is 4.78. The Balaban J connectivity index is 1.95.